The number of benzene rings is 2. The molecule has 0 aliphatic rings. The van der Waals surface area contributed by atoms with E-state index in [4.69, 9.17) is 14.3 Å². The fraction of sp³-hybridized carbons (Fsp3) is 0.0714. The molecule has 3 aromatic rings. The summed E-state index contributed by atoms with van der Waals surface area (Å²) in [6.45, 7) is -0.379. The molecule has 4 nitrogen and oxygen atoms in total. The molecular formula is C14H10O4. The standard InChI is InChI=1S/C14H10O4/c15-13(16)8-17-12-7-3-5-10-9-4-1-2-6-11(9)18-14(10)12/h1-7H,8H2,(H,15,16). The summed E-state index contributed by atoms with van der Waals surface area (Å²) < 4.78 is 10.9. The second-order valence-corrected chi connectivity index (χ2v) is 3.91. The zero-order chi connectivity index (χ0) is 12.5. The number of carbonyl (C=O) groups is 1. The van der Waals surface area contributed by atoms with Gasteiger partial charge in [0.15, 0.2) is 17.9 Å². The molecule has 1 aromatic heterocycles. The number of hydrogen-bond acceptors (Lipinski definition) is 3. The molecule has 18 heavy (non-hydrogen) atoms. The minimum Gasteiger partial charge on any atom is -0.479 e. The lowest BCUT2D eigenvalue weighted by molar-refractivity contribution is -0.139. The van der Waals surface area contributed by atoms with E-state index in [-0.39, 0.29) is 6.61 Å². The Morgan fingerprint density at radius 2 is 1.89 bits per heavy atom. The van der Waals surface area contributed by atoms with Crippen LogP contribution in [0.1, 0.15) is 0 Å². The Morgan fingerprint density at radius 1 is 1.11 bits per heavy atom. The Kier molecular flexibility index (Phi) is 2.41. The highest BCUT2D eigenvalue weighted by atomic mass is 16.5. The molecule has 0 radical (unpaired) electrons. The van der Waals surface area contributed by atoms with E-state index in [1.54, 1.807) is 6.07 Å². The quantitative estimate of drug-likeness (QED) is 0.766. The Hall–Kier alpha value is -2.49. The molecule has 4 heteroatoms. The summed E-state index contributed by atoms with van der Waals surface area (Å²) in [5.74, 6) is -0.561. The molecule has 0 bridgehead atoms. The third-order valence-corrected chi connectivity index (χ3v) is 2.72. The zero-order valence-corrected chi connectivity index (χ0v) is 9.42. The van der Waals surface area contributed by atoms with E-state index < -0.39 is 5.97 Å². The number of carboxylic acids is 1. The second kappa shape index (κ2) is 4.07. The van der Waals surface area contributed by atoms with Crippen LogP contribution in [0.2, 0.25) is 0 Å². The van der Waals surface area contributed by atoms with Gasteiger partial charge in [-0.2, -0.15) is 0 Å². The third-order valence-electron chi connectivity index (χ3n) is 2.72. The minimum atomic E-state index is -1.01. The van der Waals surface area contributed by atoms with Gasteiger partial charge >= 0.3 is 5.97 Å². The van der Waals surface area contributed by atoms with E-state index in [0.717, 1.165) is 16.4 Å². The first kappa shape index (κ1) is 10.7. The fourth-order valence-corrected chi connectivity index (χ4v) is 1.97. The van der Waals surface area contributed by atoms with Gasteiger partial charge in [0.2, 0.25) is 0 Å². The smallest absolute Gasteiger partial charge is 0.341 e. The lowest BCUT2D eigenvalue weighted by Crippen LogP contribution is -2.09. The summed E-state index contributed by atoms with van der Waals surface area (Å²) in [5, 5.41) is 10.5. The predicted molar refractivity (Wildman–Crippen MR) is 66.9 cm³/mol. The van der Waals surface area contributed by atoms with Gasteiger partial charge in [-0.3, -0.25) is 0 Å². The Balaban J connectivity index is 2.18. The molecule has 0 saturated heterocycles. The van der Waals surface area contributed by atoms with Crippen molar-refractivity contribution in [3.05, 3.63) is 42.5 Å². The molecule has 90 valence electrons. The number of aliphatic carboxylic acids is 1. The molecule has 1 heterocycles. The van der Waals surface area contributed by atoms with Crippen molar-refractivity contribution < 1.29 is 19.1 Å². The van der Waals surface area contributed by atoms with Gasteiger partial charge < -0.3 is 14.3 Å². The number of hydrogen-bond donors (Lipinski definition) is 1. The van der Waals surface area contributed by atoms with Crippen LogP contribution in [0.25, 0.3) is 21.9 Å². The molecule has 0 unspecified atom stereocenters. The van der Waals surface area contributed by atoms with Crippen molar-refractivity contribution in [3.63, 3.8) is 0 Å². The maximum absolute atomic E-state index is 10.5. The number of fused-ring (bicyclic) bond motifs is 3. The Labute approximate surface area is 102 Å². The lowest BCUT2D eigenvalue weighted by Gasteiger charge is -2.02. The van der Waals surface area contributed by atoms with Gasteiger partial charge in [-0.05, 0) is 12.1 Å². The molecule has 0 aliphatic carbocycles. The van der Waals surface area contributed by atoms with Crippen LogP contribution in [0.15, 0.2) is 46.9 Å². The van der Waals surface area contributed by atoms with E-state index in [1.807, 2.05) is 36.4 Å². The summed E-state index contributed by atoms with van der Waals surface area (Å²) in [5.41, 5.74) is 1.35. The zero-order valence-electron chi connectivity index (χ0n) is 9.42. The summed E-state index contributed by atoms with van der Waals surface area (Å²) in [4.78, 5) is 10.5. The topological polar surface area (TPSA) is 59.7 Å². The highest BCUT2D eigenvalue weighted by Gasteiger charge is 2.11. The first-order chi connectivity index (χ1) is 8.75. The predicted octanol–water partition coefficient (Wildman–Crippen LogP) is 3.05. The van der Waals surface area contributed by atoms with Crippen LogP contribution in [0.4, 0.5) is 0 Å². The van der Waals surface area contributed by atoms with E-state index in [9.17, 15) is 4.79 Å². The average molecular weight is 242 g/mol. The molecule has 0 amide bonds. The van der Waals surface area contributed by atoms with Crippen LogP contribution < -0.4 is 4.74 Å². The molecule has 3 rings (SSSR count). The first-order valence-corrected chi connectivity index (χ1v) is 5.50. The van der Waals surface area contributed by atoms with Crippen molar-refractivity contribution in [1.29, 1.82) is 0 Å². The van der Waals surface area contributed by atoms with Crippen molar-refractivity contribution in [2.24, 2.45) is 0 Å². The summed E-state index contributed by atoms with van der Waals surface area (Å²) in [6.07, 6.45) is 0. The van der Waals surface area contributed by atoms with Crippen LogP contribution in [0.3, 0.4) is 0 Å². The Bertz CT molecular complexity index is 727. The maximum atomic E-state index is 10.5. The summed E-state index contributed by atoms with van der Waals surface area (Å²) >= 11 is 0. The van der Waals surface area contributed by atoms with Crippen LogP contribution in [-0.2, 0) is 4.79 Å². The number of ether oxygens (including phenoxy) is 1. The highest BCUT2D eigenvalue weighted by Crippen LogP contribution is 2.34. The van der Waals surface area contributed by atoms with Crippen molar-refractivity contribution in [2.75, 3.05) is 6.61 Å². The van der Waals surface area contributed by atoms with Gasteiger partial charge in [0.1, 0.15) is 5.58 Å². The van der Waals surface area contributed by atoms with Crippen molar-refractivity contribution in [3.8, 4) is 5.75 Å². The van der Waals surface area contributed by atoms with E-state index in [1.165, 1.54) is 0 Å². The Morgan fingerprint density at radius 3 is 2.72 bits per heavy atom. The van der Waals surface area contributed by atoms with Gasteiger partial charge in [-0.1, -0.05) is 30.3 Å². The number of furan rings is 1. The number of carboxylic acid groups (broad SMARTS) is 1. The van der Waals surface area contributed by atoms with Crippen molar-refractivity contribution >= 4 is 27.9 Å². The second-order valence-electron chi connectivity index (χ2n) is 3.91. The van der Waals surface area contributed by atoms with Gasteiger partial charge in [0, 0.05) is 10.8 Å². The van der Waals surface area contributed by atoms with Crippen molar-refractivity contribution in [2.45, 2.75) is 0 Å². The monoisotopic (exact) mass is 242 g/mol. The molecule has 0 fully saturated rings. The number of rotatable bonds is 3. The van der Waals surface area contributed by atoms with Gasteiger partial charge in [0.05, 0.1) is 0 Å². The fourth-order valence-electron chi connectivity index (χ4n) is 1.97. The SMILES string of the molecule is O=C(O)COc1cccc2c1oc1ccccc12. The van der Waals surface area contributed by atoms with Gasteiger partial charge in [-0.25, -0.2) is 4.79 Å². The van der Waals surface area contributed by atoms with Gasteiger partial charge in [0.25, 0.3) is 0 Å². The molecule has 0 spiro atoms. The number of para-hydroxylation sites is 2. The molecule has 0 atom stereocenters. The summed E-state index contributed by atoms with van der Waals surface area (Å²) in [7, 11) is 0. The average Bonchev–Trinajstić information content (AvgIpc) is 2.75. The van der Waals surface area contributed by atoms with Crippen molar-refractivity contribution in [1.82, 2.24) is 0 Å². The van der Waals surface area contributed by atoms with Crippen LogP contribution in [0.5, 0.6) is 5.75 Å². The maximum Gasteiger partial charge on any atom is 0.341 e. The summed E-state index contributed by atoms with van der Waals surface area (Å²) in [6, 6.07) is 13.1. The largest absolute Gasteiger partial charge is 0.479 e. The van der Waals surface area contributed by atoms with E-state index in [2.05, 4.69) is 0 Å². The van der Waals surface area contributed by atoms with Crippen LogP contribution >= 0.6 is 0 Å². The highest BCUT2D eigenvalue weighted by molar-refractivity contribution is 6.06. The third kappa shape index (κ3) is 1.68. The minimum absolute atomic E-state index is 0.379. The normalized spacial score (nSPS) is 10.9. The molecule has 0 saturated carbocycles. The molecule has 1 N–H and O–H groups in total. The lowest BCUT2D eigenvalue weighted by atomic mass is 10.1. The van der Waals surface area contributed by atoms with Crippen LogP contribution in [-0.4, -0.2) is 17.7 Å². The first-order valence-electron chi connectivity index (χ1n) is 5.50. The van der Waals surface area contributed by atoms with Crippen LogP contribution in [0, 0.1) is 0 Å². The van der Waals surface area contributed by atoms with E-state index >= 15 is 0 Å². The molecule has 2 aromatic carbocycles. The van der Waals surface area contributed by atoms with Gasteiger partial charge in [-0.15, -0.1) is 0 Å². The molecule has 0 aliphatic heterocycles. The van der Waals surface area contributed by atoms with E-state index in [0.29, 0.717) is 11.3 Å². The molecular weight excluding hydrogens is 232 g/mol.